The van der Waals surface area contributed by atoms with Crippen LogP contribution >= 0.6 is 0 Å². The molecule has 192 valence electrons. The zero-order valence-corrected chi connectivity index (χ0v) is 22.0. The molecular formula is C26H39N5O4. The van der Waals surface area contributed by atoms with Crippen molar-refractivity contribution in [1.82, 2.24) is 25.3 Å². The van der Waals surface area contributed by atoms with Crippen molar-refractivity contribution in [2.45, 2.75) is 59.7 Å². The van der Waals surface area contributed by atoms with E-state index in [0.29, 0.717) is 37.4 Å². The van der Waals surface area contributed by atoms with Gasteiger partial charge in [0.1, 0.15) is 0 Å². The van der Waals surface area contributed by atoms with Crippen molar-refractivity contribution in [3.63, 3.8) is 0 Å². The van der Waals surface area contributed by atoms with Crippen molar-refractivity contribution in [3.8, 4) is 0 Å². The summed E-state index contributed by atoms with van der Waals surface area (Å²) in [6.07, 6.45) is 0. The Kier molecular flexibility index (Phi) is 8.43. The lowest BCUT2D eigenvalue weighted by Gasteiger charge is -2.42. The van der Waals surface area contributed by atoms with Gasteiger partial charge in [-0.05, 0) is 52.7 Å². The fraction of sp³-hybridized carbons (Fsp3) is 0.577. The Balaban J connectivity index is 1.93. The number of hydrogen-bond donors (Lipinski definition) is 2. The van der Waals surface area contributed by atoms with E-state index in [0.717, 1.165) is 16.7 Å². The van der Waals surface area contributed by atoms with E-state index >= 15 is 0 Å². The van der Waals surface area contributed by atoms with Crippen molar-refractivity contribution in [2.75, 3.05) is 39.8 Å². The van der Waals surface area contributed by atoms with Crippen LogP contribution in [0.1, 0.15) is 50.4 Å². The number of nitrogens with one attached hydrogen (secondary N) is 2. The molecule has 9 nitrogen and oxygen atoms in total. The monoisotopic (exact) mass is 485 g/mol. The first-order valence-electron chi connectivity index (χ1n) is 12.3. The van der Waals surface area contributed by atoms with Gasteiger partial charge in [0, 0.05) is 51.0 Å². The number of urea groups is 2. The third-order valence-electron chi connectivity index (χ3n) is 6.57. The summed E-state index contributed by atoms with van der Waals surface area (Å²) >= 11 is 0. The third-order valence-corrected chi connectivity index (χ3v) is 6.57. The normalized spacial score (nSPS) is 21.3. The van der Waals surface area contributed by atoms with Gasteiger partial charge in [-0.25, -0.2) is 14.4 Å². The molecule has 2 aliphatic rings. The summed E-state index contributed by atoms with van der Waals surface area (Å²) < 4.78 is 5.45. The predicted octanol–water partition coefficient (Wildman–Crippen LogP) is 2.94. The van der Waals surface area contributed by atoms with Crippen molar-refractivity contribution < 1.29 is 19.1 Å². The first kappa shape index (κ1) is 26.5. The second kappa shape index (κ2) is 11.1. The standard InChI is InChI=1S/C26H39N5O4/c1-8-35-24(32)22-21(15-30-11-12-31(19(6)14-30)26(34)27-16(2)3)29(7)25(33)28-23(22)20-10-9-17(4)13-18(20)5/h9-10,13,16,19,23H,8,11-12,14-15H2,1-7H3,(H,27,34)(H,28,33)/t19-,23+/m0/s1. The molecule has 2 heterocycles. The molecule has 0 aromatic heterocycles. The summed E-state index contributed by atoms with van der Waals surface area (Å²) in [6.45, 7) is 14.2. The van der Waals surface area contributed by atoms with Crippen molar-refractivity contribution in [2.24, 2.45) is 0 Å². The molecule has 0 unspecified atom stereocenters. The molecule has 2 N–H and O–H groups in total. The first-order valence-corrected chi connectivity index (χ1v) is 12.3. The second-order valence-electron chi connectivity index (χ2n) is 9.76. The minimum Gasteiger partial charge on any atom is -0.463 e. The Morgan fingerprint density at radius 2 is 1.94 bits per heavy atom. The van der Waals surface area contributed by atoms with Gasteiger partial charge in [-0.3, -0.25) is 9.80 Å². The zero-order chi connectivity index (χ0) is 25.9. The van der Waals surface area contributed by atoms with E-state index in [9.17, 15) is 14.4 Å². The van der Waals surface area contributed by atoms with Gasteiger partial charge >= 0.3 is 18.0 Å². The fourth-order valence-electron chi connectivity index (χ4n) is 4.80. The van der Waals surface area contributed by atoms with E-state index in [1.807, 2.05) is 57.7 Å². The number of piperazine rings is 1. The highest BCUT2D eigenvalue weighted by molar-refractivity contribution is 5.95. The number of aryl methyl sites for hydroxylation is 2. The van der Waals surface area contributed by atoms with Crippen LogP contribution in [0.25, 0.3) is 0 Å². The molecule has 2 aliphatic heterocycles. The summed E-state index contributed by atoms with van der Waals surface area (Å²) in [6, 6.07) is 5.14. The number of rotatable bonds is 6. The molecule has 35 heavy (non-hydrogen) atoms. The highest BCUT2D eigenvalue weighted by atomic mass is 16.5. The number of amides is 4. The lowest BCUT2D eigenvalue weighted by atomic mass is 9.90. The molecule has 0 bridgehead atoms. The Bertz CT molecular complexity index is 1010. The van der Waals surface area contributed by atoms with Crippen LogP contribution in [0.3, 0.4) is 0 Å². The van der Waals surface area contributed by atoms with E-state index in [1.165, 1.54) is 4.90 Å². The van der Waals surface area contributed by atoms with Crippen molar-refractivity contribution in [1.29, 1.82) is 0 Å². The Labute approximate surface area is 208 Å². The van der Waals surface area contributed by atoms with Gasteiger partial charge < -0.3 is 20.3 Å². The fourth-order valence-corrected chi connectivity index (χ4v) is 4.80. The van der Waals surface area contributed by atoms with Gasteiger partial charge in [-0.15, -0.1) is 0 Å². The van der Waals surface area contributed by atoms with Crippen LogP contribution in [0, 0.1) is 13.8 Å². The molecule has 9 heteroatoms. The number of esters is 1. The van der Waals surface area contributed by atoms with E-state index in [4.69, 9.17) is 4.74 Å². The molecule has 4 amide bonds. The highest BCUT2D eigenvalue weighted by Crippen LogP contribution is 2.33. The topological polar surface area (TPSA) is 94.2 Å². The van der Waals surface area contributed by atoms with Gasteiger partial charge in [0.15, 0.2) is 0 Å². The number of nitrogens with zero attached hydrogens (tertiary/aromatic N) is 3. The SMILES string of the molecule is CCOC(=O)C1=C(CN2CCN(C(=O)NC(C)C)[C@@H](C)C2)N(C)C(=O)N[C@@H]1c1ccc(C)cc1C. The molecule has 0 radical (unpaired) electrons. The predicted molar refractivity (Wildman–Crippen MR) is 135 cm³/mol. The molecule has 2 atom stereocenters. The molecule has 0 aliphatic carbocycles. The molecule has 1 fully saturated rings. The lowest BCUT2D eigenvalue weighted by Crippen LogP contribution is -2.58. The number of hydrogen-bond acceptors (Lipinski definition) is 5. The Morgan fingerprint density at radius 1 is 1.23 bits per heavy atom. The largest absolute Gasteiger partial charge is 0.463 e. The summed E-state index contributed by atoms with van der Waals surface area (Å²) in [5.41, 5.74) is 4.07. The highest BCUT2D eigenvalue weighted by Gasteiger charge is 2.39. The summed E-state index contributed by atoms with van der Waals surface area (Å²) in [7, 11) is 1.68. The van der Waals surface area contributed by atoms with E-state index < -0.39 is 12.0 Å². The molecule has 1 aromatic carbocycles. The van der Waals surface area contributed by atoms with Crippen LogP contribution in [-0.4, -0.2) is 84.6 Å². The molecule has 3 rings (SSSR count). The van der Waals surface area contributed by atoms with Gasteiger partial charge in [0.2, 0.25) is 0 Å². The van der Waals surface area contributed by atoms with E-state index in [1.54, 1.807) is 14.0 Å². The Hall–Kier alpha value is -3.07. The lowest BCUT2D eigenvalue weighted by molar-refractivity contribution is -0.139. The smallest absolute Gasteiger partial charge is 0.338 e. The molecule has 0 saturated carbocycles. The zero-order valence-electron chi connectivity index (χ0n) is 22.0. The number of carbonyl (C=O) groups excluding carboxylic acids is 3. The number of benzene rings is 1. The van der Waals surface area contributed by atoms with Gasteiger partial charge in [-0.1, -0.05) is 23.8 Å². The van der Waals surface area contributed by atoms with Crippen molar-refractivity contribution in [3.05, 3.63) is 46.2 Å². The molecule has 1 aromatic rings. The van der Waals surface area contributed by atoms with Gasteiger partial charge in [-0.2, -0.15) is 0 Å². The second-order valence-corrected chi connectivity index (χ2v) is 9.76. The summed E-state index contributed by atoms with van der Waals surface area (Å²) in [4.78, 5) is 44.3. The summed E-state index contributed by atoms with van der Waals surface area (Å²) in [5.74, 6) is -0.428. The van der Waals surface area contributed by atoms with E-state index in [2.05, 4.69) is 15.5 Å². The van der Waals surface area contributed by atoms with Crippen LogP contribution < -0.4 is 10.6 Å². The average molecular weight is 486 g/mol. The van der Waals surface area contributed by atoms with Crippen molar-refractivity contribution >= 4 is 18.0 Å². The van der Waals surface area contributed by atoms with Gasteiger partial charge in [0.25, 0.3) is 0 Å². The Morgan fingerprint density at radius 3 is 2.54 bits per heavy atom. The third kappa shape index (κ3) is 5.96. The van der Waals surface area contributed by atoms with Crippen LogP contribution in [0.15, 0.2) is 29.5 Å². The van der Waals surface area contributed by atoms with Crippen LogP contribution in [-0.2, 0) is 9.53 Å². The first-order chi connectivity index (χ1) is 16.5. The molecule has 0 spiro atoms. The van der Waals surface area contributed by atoms with Crippen LogP contribution in [0.5, 0.6) is 0 Å². The number of likely N-dealkylation sites (N-methyl/N-ethyl adjacent to an activating group) is 1. The summed E-state index contributed by atoms with van der Waals surface area (Å²) in [5, 5.41) is 5.95. The molecule has 1 saturated heterocycles. The number of ether oxygens (including phenoxy) is 1. The van der Waals surface area contributed by atoms with Gasteiger partial charge in [0.05, 0.1) is 18.2 Å². The maximum Gasteiger partial charge on any atom is 0.338 e. The van der Waals surface area contributed by atoms with Crippen LogP contribution in [0.4, 0.5) is 9.59 Å². The maximum absolute atomic E-state index is 13.2. The number of carbonyl (C=O) groups is 3. The van der Waals surface area contributed by atoms with E-state index in [-0.39, 0.29) is 30.8 Å². The molecular weight excluding hydrogens is 446 g/mol. The maximum atomic E-state index is 13.2. The quantitative estimate of drug-likeness (QED) is 0.605. The van der Waals surface area contributed by atoms with Crippen LogP contribution in [0.2, 0.25) is 0 Å². The minimum atomic E-state index is -0.594. The minimum absolute atomic E-state index is 0.00740. The average Bonchev–Trinajstić information content (AvgIpc) is 2.76.